The van der Waals surface area contributed by atoms with Crippen molar-refractivity contribution in [2.24, 2.45) is 5.14 Å². The second-order valence-electron chi connectivity index (χ2n) is 4.89. The molecule has 3 N–H and O–H groups in total. The normalized spacial score (nSPS) is 11.2. The lowest BCUT2D eigenvalue weighted by Crippen LogP contribution is -2.22. The van der Waals surface area contributed by atoms with Gasteiger partial charge in [0, 0.05) is 30.2 Å². The first kappa shape index (κ1) is 16.5. The van der Waals surface area contributed by atoms with E-state index in [0.29, 0.717) is 5.56 Å². The molecule has 22 heavy (non-hydrogen) atoms. The molecule has 0 saturated heterocycles. The monoisotopic (exact) mass is 339 g/mol. The van der Waals surface area contributed by atoms with Crippen molar-refractivity contribution in [1.29, 1.82) is 0 Å². The van der Waals surface area contributed by atoms with Crippen molar-refractivity contribution in [2.45, 2.75) is 10.8 Å². The van der Waals surface area contributed by atoms with Gasteiger partial charge < -0.3 is 10.2 Å². The summed E-state index contributed by atoms with van der Waals surface area (Å²) >= 11 is 1.05. The Morgan fingerprint density at radius 3 is 2.32 bits per heavy atom. The van der Waals surface area contributed by atoms with Crippen LogP contribution < -0.4 is 15.4 Å². The summed E-state index contributed by atoms with van der Waals surface area (Å²) in [6, 6.07) is 10.3. The minimum atomic E-state index is -3.68. The summed E-state index contributed by atoms with van der Waals surface area (Å²) in [6.45, 7) is 0.258. The van der Waals surface area contributed by atoms with E-state index in [9.17, 15) is 13.2 Å². The van der Waals surface area contributed by atoms with Gasteiger partial charge in [0.05, 0.1) is 6.54 Å². The lowest BCUT2D eigenvalue weighted by Gasteiger charge is -2.12. The van der Waals surface area contributed by atoms with Crippen LogP contribution in [-0.2, 0) is 16.6 Å². The first-order chi connectivity index (χ1) is 10.3. The van der Waals surface area contributed by atoms with Crippen LogP contribution in [0.2, 0.25) is 0 Å². The highest BCUT2D eigenvalue weighted by Crippen LogP contribution is 2.20. The van der Waals surface area contributed by atoms with E-state index in [1.165, 1.54) is 6.07 Å². The van der Waals surface area contributed by atoms with Gasteiger partial charge in [-0.1, -0.05) is 0 Å². The van der Waals surface area contributed by atoms with Crippen molar-refractivity contribution in [3.63, 3.8) is 0 Å². The average Bonchev–Trinajstić information content (AvgIpc) is 2.94. The van der Waals surface area contributed by atoms with E-state index in [-0.39, 0.29) is 16.7 Å². The Hall–Kier alpha value is -1.90. The van der Waals surface area contributed by atoms with Gasteiger partial charge in [-0.15, -0.1) is 11.3 Å². The molecule has 0 aliphatic heterocycles. The Morgan fingerprint density at radius 2 is 1.82 bits per heavy atom. The number of nitrogens with zero attached hydrogens (tertiary/aromatic N) is 1. The van der Waals surface area contributed by atoms with E-state index < -0.39 is 10.0 Å². The quantitative estimate of drug-likeness (QED) is 0.861. The van der Waals surface area contributed by atoms with E-state index in [1.54, 1.807) is 18.2 Å². The molecule has 118 valence electrons. The zero-order chi connectivity index (χ0) is 16.3. The Labute approximate surface area is 133 Å². The largest absolute Gasteiger partial charge is 0.378 e. The van der Waals surface area contributed by atoms with Crippen molar-refractivity contribution < 1.29 is 13.2 Å². The molecule has 6 nitrogen and oxygen atoms in total. The molecule has 2 aromatic rings. The van der Waals surface area contributed by atoms with Crippen LogP contribution in [0, 0.1) is 0 Å². The number of sulfonamides is 1. The van der Waals surface area contributed by atoms with Crippen LogP contribution in [0.25, 0.3) is 0 Å². The molecule has 0 saturated carbocycles. The molecule has 1 amide bonds. The third kappa shape index (κ3) is 4.06. The number of primary sulfonamides is 1. The standard InChI is InChI=1S/C14H17N3O3S2/c1-17(2)11-5-3-10(4-6-11)14(18)16-9-12-7-8-13(21-12)22(15,19)20/h3-8H,9H2,1-2H3,(H,16,18)(H2,15,19,20). The molecule has 0 fully saturated rings. The number of benzene rings is 1. The fourth-order valence-electron chi connectivity index (χ4n) is 1.79. The third-order valence-electron chi connectivity index (χ3n) is 2.99. The summed E-state index contributed by atoms with van der Waals surface area (Å²) < 4.78 is 22.5. The molecule has 0 unspecified atom stereocenters. The number of nitrogens with one attached hydrogen (secondary N) is 1. The van der Waals surface area contributed by atoms with E-state index in [1.807, 2.05) is 31.1 Å². The maximum atomic E-state index is 12.0. The van der Waals surface area contributed by atoms with E-state index in [4.69, 9.17) is 5.14 Å². The first-order valence-electron chi connectivity index (χ1n) is 6.44. The van der Waals surface area contributed by atoms with Crippen LogP contribution in [0.15, 0.2) is 40.6 Å². The molecule has 0 aliphatic rings. The first-order valence-corrected chi connectivity index (χ1v) is 8.81. The Kier molecular flexibility index (Phi) is 4.84. The van der Waals surface area contributed by atoms with E-state index in [0.717, 1.165) is 21.9 Å². The zero-order valence-electron chi connectivity index (χ0n) is 12.2. The summed E-state index contributed by atoms with van der Waals surface area (Å²) in [5.74, 6) is -0.212. The molecule has 0 spiro atoms. The fourth-order valence-corrected chi connectivity index (χ4v) is 3.50. The topological polar surface area (TPSA) is 92.5 Å². The van der Waals surface area contributed by atoms with Crippen LogP contribution in [0.5, 0.6) is 0 Å². The average molecular weight is 339 g/mol. The number of anilines is 1. The lowest BCUT2D eigenvalue weighted by atomic mass is 10.2. The lowest BCUT2D eigenvalue weighted by molar-refractivity contribution is 0.0951. The van der Waals surface area contributed by atoms with Crippen molar-refractivity contribution in [2.75, 3.05) is 19.0 Å². The number of hydrogen-bond acceptors (Lipinski definition) is 5. The highest BCUT2D eigenvalue weighted by atomic mass is 32.2. The van der Waals surface area contributed by atoms with Crippen LogP contribution in [-0.4, -0.2) is 28.4 Å². The Bertz CT molecular complexity index is 765. The molecule has 0 bridgehead atoms. The summed E-state index contributed by atoms with van der Waals surface area (Å²) in [5.41, 5.74) is 1.56. The van der Waals surface area contributed by atoms with Gasteiger partial charge >= 0.3 is 0 Å². The van der Waals surface area contributed by atoms with Crippen molar-refractivity contribution in [3.8, 4) is 0 Å². The van der Waals surface area contributed by atoms with Crippen molar-refractivity contribution in [1.82, 2.24) is 5.32 Å². The summed E-state index contributed by atoms with van der Waals surface area (Å²) in [4.78, 5) is 14.7. The predicted molar refractivity (Wildman–Crippen MR) is 87.6 cm³/mol. The van der Waals surface area contributed by atoms with E-state index >= 15 is 0 Å². The molecule has 1 heterocycles. The van der Waals surface area contributed by atoms with Crippen molar-refractivity contribution >= 4 is 33.0 Å². The maximum absolute atomic E-state index is 12.0. The van der Waals surface area contributed by atoms with Gasteiger partial charge in [0.2, 0.25) is 10.0 Å². The van der Waals surface area contributed by atoms with Gasteiger partial charge in [-0.25, -0.2) is 13.6 Å². The molecular formula is C14H17N3O3S2. The molecular weight excluding hydrogens is 322 g/mol. The highest BCUT2D eigenvalue weighted by Gasteiger charge is 2.12. The minimum Gasteiger partial charge on any atom is -0.378 e. The number of nitrogens with two attached hydrogens (primary N) is 1. The van der Waals surface area contributed by atoms with Gasteiger partial charge in [0.1, 0.15) is 4.21 Å². The SMILES string of the molecule is CN(C)c1ccc(C(=O)NCc2ccc(S(N)(=O)=O)s2)cc1. The van der Waals surface area contributed by atoms with Gasteiger partial charge in [0.15, 0.2) is 0 Å². The Balaban J connectivity index is 1.99. The maximum Gasteiger partial charge on any atom is 0.251 e. The number of carbonyl (C=O) groups is 1. The fraction of sp³-hybridized carbons (Fsp3) is 0.214. The second-order valence-corrected chi connectivity index (χ2v) is 7.85. The predicted octanol–water partition coefficient (Wildman–Crippen LogP) is 1.39. The number of hydrogen-bond donors (Lipinski definition) is 2. The highest BCUT2D eigenvalue weighted by molar-refractivity contribution is 7.91. The summed E-state index contributed by atoms with van der Waals surface area (Å²) in [5, 5.41) is 7.80. The number of amides is 1. The molecule has 8 heteroatoms. The van der Waals surface area contributed by atoms with Crippen LogP contribution in [0.4, 0.5) is 5.69 Å². The van der Waals surface area contributed by atoms with Gasteiger partial charge in [-0.3, -0.25) is 4.79 Å². The smallest absolute Gasteiger partial charge is 0.251 e. The van der Waals surface area contributed by atoms with Gasteiger partial charge in [0.25, 0.3) is 5.91 Å². The zero-order valence-corrected chi connectivity index (χ0v) is 13.9. The molecule has 1 aromatic carbocycles. The Morgan fingerprint density at radius 1 is 1.18 bits per heavy atom. The number of thiophene rings is 1. The molecule has 2 rings (SSSR count). The second kappa shape index (κ2) is 6.47. The molecule has 0 aliphatic carbocycles. The molecule has 0 radical (unpaired) electrons. The molecule has 1 aromatic heterocycles. The summed E-state index contributed by atoms with van der Waals surface area (Å²) in [6.07, 6.45) is 0. The van der Waals surface area contributed by atoms with E-state index in [2.05, 4.69) is 5.32 Å². The molecule has 0 atom stereocenters. The third-order valence-corrected chi connectivity index (χ3v) is 5.51. The van der Waals surface area contributed by atoms with Crippen LogP contribution in [0.1, 0.15) is 15.2 Å². The van der Waals surface area contributed by atoms with Crippen molar-refractivity contribution in [3.05, 3.63) is 46.8 Å². The number of rotatable bonds is 5. The van der Waals surface area contributed by atoms with Crippen LogP contribution >= 0.6 is 11.3 Å². The summed E-state index contributed by atoms with van der Waals surface area (Å²) in [7, 11) is 0.167. The minimum absolute atomic E-state index is 0.0899. The van der Waals surface area contributed by atoms with Crippen LogP contribution in [0.3, 0.4) is 0 Å². The number of carbonyl (C=O) groups excluding carboxylic acids is 1. The van der Waals surface area contributed by atoms with Gasteiger partial charge in [-0.2, -0.15) is 0 Å². The van der Waals surface area contributed by atoms with Gasteiger partial charge in [-0.05, 0) is 36.4 Å².